The molecule has 0 heterocycles. The summed E-state index contributed by atoms with van der Waals surface area (Å²) in [6, 6.07) is 6.02. The first-order valence-electron chi connectivity index (χ1n) is 5.70. The number of benzene rings is 1. The largest absolute Gasteiger partial charge is 0.379 e. The number of alkyl halides is 1. The zero-order valence-corrected chi connectivity index (χ0v) is 12.1. The van der Waals surface area contributed by atoms with Gasteiger partial charge in [0.05, 0.1) is 23.9 Å². The zero-order valence-electron chi connectivity index (χ0n) is 10.6. The van der Waals surface area contributed by atoms with Gasteiger partial charge in [-0.1, -0.05) is 0 Å². The lowest BCUT2D eigenvalue weighted by Gasteiger charge is -2.06. The van der Waals surface area contributed by atoms with Crippen LogP contribution in [-0.2, 0) is 19.4 Å². The Morgan fingerprint density at radius 2 is 1.89 bits per heavy atom. The van der Waals surface area contributed by atoms with E-state index in [4.69, 9.17) is 16.3 Å². The van der Waals surface area contributed by atoms with Gasteiger partial charge in [-0.05, 0) is 24.3 Å². The number of amides is 1. The van der Waals surface area contributed by atoms with Crippen molar-refractivity contribution in [3.05, 3.63) is 24.3 Å². The number of carbonyl (C=O) groups is 1. The maximum Gasteiger partial charge on any atom is 0.221 e. The van der Waals surface area contributed by atoms with Crippen LogP contribution in [0.15, 0.2) is 29.2 Å². The fourth-order valence-electron chi connectivity index (χ4n) is 1.39. The summed E-state index contributed by atoms with van der Waals surface area (Å²) in [5, 5.41) is 2.57. The summed E-state index contributed by atoms with van der Waals surface area (Å²) in [6.45, 7) is 1.83. The molecule has 0 aromatic heterocycles. The van der Waals surface area contributed by atoms with Gasteiger partial charge in [0.1, 0.15) is 0 Å². The van der Waals surface area contributed by atoms with Gasteiger partial charge in [-0.15, -0.1) is 11.6 Å². The summed E-state index contributed by atoms with van der Waals surface area (Å²) in [4.78, 5) is 11.0. The predicted octanol–water partition coefficient (Wildman–Crippen LogP) is 1.67. The smallest absolute Gasteiger partial charge is 0.221 e. The van der Waals surface area contributed by atoms with Crippen molar-refractivity contribution in [3.63, 3.8) is 0 Å². The second-order valence-electron chi connectivity index (χ2n) is 3.83. The van der Waals surface area contributed by atoms with E-state index < -0.39 is 9.84 Å². The highest BCUT2D eigenvalue weighted by Crippen LogP contribution is 2.15. The van der Waals surface area contributed by atoms with Gasteiger partial charge >= 0.3 is 0 Å². The minimum atomic E-state index is -3.37. The Hall–Kier alpha value is -1.11. The quantitative estimate of drug-likeness (QED) is 0.614. The summed E-state index contributed by atoms with van der Waals surface area (Å²) in [5.74, 6) is 0.0412. The Kier molecular flexibility index (Phi) is 6.27. The summed E-state index contributed by atoms with van der Waals surface area (Å²) in [7, 11) is -3.37. The molecule has 0 atom stereocenters. The number of halogens is 1. The van der Waals surface area contributed by atoms with Crippen LogP contribution in [0.25, 0.3) is 0 Å². The molecule has 1 aromatic rings. The molecule has 0 saturated carbocycles. The molecule has 0 radical (unpaired) electrons. The molecule has 5 nitrogen and oxygen atoms in total. The second-order valence-corrected chi connectivity index (χ2v) is 6.31. The molecule has 0 aliphatic heterocycles. The van der Waals surface area contributed by atoms with E-state index >= 15 is 0 Å². The maximum absolute atomic E-state index is 11.9. The second kappa shape index (κ2) is 7.47. The van der Waals surface area contributed by atoms with E-state index in [1.165, 1.54) is 19.1 Å². The molecular weight excluding hydrogens is 290 g/mol. The number of nitrogens with one attached hydrogen (secondary N) is 1. The molecule has 1 rings (SSSR count). The minimum Gasteiger partial charge on any atom is -0.379 e. The number of anilines is 1. The van der Waals surface area contributed by atoms with E-state index in [0.717, 1.165) is 0 Å². The van der Waals surface area contributed by atoms with E-state index in [2.05, 4.69) is 5.32 Å². The molecule has 19 heavy (non-hydrogen) atoms. The topological polar surface area (TPSA) is 72.5 Å². The molecule has 0 unspecified atom stereocenters. The lowest BCUT2D eigenvalue weighted by atomic mass is 10.3. The summed E-state index contributed by atoms with van der Waals surface area (Å²) < 4.78 is 28.9. The van der Waals surface area contributed by atoms with Crippen molar-refractivity contribution in [2.45, 2.75) is 11.8 Å². The number of rotatable bonds is 7. The first-order chi connectivity index (χ1) is 8.95. The molecule has 0 bridgehead atoms. The SMILES string of the molecule is CC(=O)Nc1ccc(S(=O)(=O)CCOCCCl)cc1. The van der Waals surface area contributed by atoms with E-state index in [1.54, 1.807) is 12.1 Å². The Morgan fingerprint density at radius 1 is 1.26 bits per heavy atom. The fourth-order valence-corrected chi connectivity index (χ4v) is 2.62. The van der Waals surface area contributed by atoms with Crippen molar-refractivity contribution in [2.75, 3.05) is 30.2 Å². The van der Waals surface area contributed by atoms with Gasteiger partial charge in [-0.25, -0.2) is 8.42 Å². The average molecular weight is 306 g/mol. The number of carbonyl (C=O) groups excluding carboxylic acids is 1. The molecule has 0 saturated heterocycles. The Balaban J connectivity index is 2.65. The highest BCUT2D eigenvalue weighted by atomic mass is 35.5. The maximum atomic E-state index is 11.9. The molecule has 7 heteroatoms. The average Bonchev–Trinajstić information content (AvgIpc) is 2.35. The van der Waals surface area contributed by atoms with E-state index in [1.807, 2.05) is 0 Å². The van der Waals surface area contributed by atoms with Crippen LogP contribution in [0.4, 0.5) is 5.69 Å². The molecule has 1 amide bonds. The van der Waals surface area contributed by atoms with Crippen LogP contribution in [0.1, 0.15) is 6.92 Å². The Bertz CT molecular complexity index is 513. The number of ether oxygens (including phenoxy) is 1. The molecule has 1 aromatic carbocycles. The molecular formula is C12H16ClNO4S. The van der Waals surface area contributed by atoms with Gasteiger partial charge in [0, 0.05) is 18.5 Å². The Labute approximate surface area is 117 Å². The van der Waals surface area contributed by atoms with Gasteiger partial charge in [-0.2, -0.15) is 0 Å². The summed E-state index contributed by atoms with van der Waals surface area (Å²) >= 11 is 5.42. The highest BCUT2D eigenvalue weighted by molar-refractivity contribution is 7.91. The van der Waals surface area contributed by atoms with Gasteiger partial charge in [0.2, 0.25) is 5.91 Å². The van der Waals surface area contributed by atoms with Crippen LogP contribution in [0.5, 0.6) is 0 Å². The van der Waals surface area contributed by atoms with E-state index in [-0.39, 0.29) is 23.2 Å². The highest BCUT2D eigenvalue weighted by Gasteiger charge is 2.14. The van der Waals surface area contributed by atoms with E-state index in [0.29, 0.717) is 18.2 Å². The molecule has 1 N–H and O–H groups in total. The van der Waals surface area contributed by atoms with Crippen molar-refractivity contribution >= 4 is 33.0 Å². The molecule has 0 aliphatic rings. The van der Waals surface area contributed by atoms with Crippen LogP contribution in [0, 0.1) is 0 Å². The van der Waals surface area contributed by atoms with Gasteiger partial charge in [0.15, 0.2) is 9.84 Å². The zero-order chi connectivity index (χ0) is 14.3. The van der Waals surface area contributed by atoms with Gasteiger partial charge in [-0.3, -0.25) is 4.79 Å². The third-order valence-corrected chi connectivity index (χ3v) is 4.10. The monoisotopic (exact) mass is 305 g/mol. The van der Waals surface area contributed by atoms with Crippen molar-refractivity contribution in [1.29, 1.82) is 0 Å². The first kappa shape index (κ1) is 15.9. The Morgan fingerprint density at radius 3 is 2.42 bits per heavy atom. The molecule has 106 valence electrons. The van der Waals surface area contributed by atoms with Gasteiger partial charge < -0.3 is 10.1 Å². The standard InChI is InChI=1S/C12H16ClNO4S/c1-10(15)14-11-2-4-12(5-3-11)19(16,17)9-8-18-7-6-13/h2-5H,6-9H2,1H3,(H,14,15). The summed E-state index contributed by atoms with van der Waals surface area (Å²) in [6.07, 6.45) is 0. The lowest BCUT2D eigenvalue weighted by molar-refractivity contribution is -0.114. The normalized spacial score (nSPS) is 11.3. The number of sulfone groups is 1. The minimum absolute atomic E-state index is 0.0939. The van der Waals surface area contributed by atoms with Crippen LogP contribution in [0.3, 0.4) is 0 Å². The molecule has 0 aliphatic carbocycles. The van der Waals surface area contributed by atoms with Crippen LogP contribution in [-0.4, -0.2) is 39.2 Å². The van der Waals surface area contributed by atoms with Crippen LogP contribution in [0.2, 0.25) is 0 Å². The molecule has 0 fully saturated rings. The third-order valence-electron chi connectivity index (χ3n) is 2.25. The van der Waals surface area contributed by atoms with Crippen LogP contribution >= 0.6 is 11.6 Å². The number of hydrogen-bond acceptors (Lipinski definition) is 4. The summed E-state index contributed by atoms with van der Waals surface area (Å²) in [5.41, 5.74) is 0.560. The predicted molar refractivity (Wildman–Crippen MR) is 74.3 cm³/mol. The molecule has 0 spiro atoms. The van der Waals surface area contributed by atoms with Crippen molar-refractivity contribution in [1.82, 2.24) is 0 Å². The van der Waals surface area contributed by atoms with Crippen molar-refractivity contribution < 1.29 is 17.9 Å². The lowest BCUT2D eigenvalue weighted by Crippen LogP contribution is -2.13. The third kappa shape index (κ3) is 5.59. The van der Waals surface area contributed by atoms with Crippen molar-refractivity contribution in [2.24, 2.45) is 0 Å². The van der Waals surface area contributed by atoms with Crippen molar-refractivity contribution in [3.8, 4) is 0 Å². The van der Waals surface area contributed by atoms with Crippen LogP contribution < -0.4 is 5.32 Å². The van der Waals surface area contributed by atoms with Gasteiger partial charge in [0.25, 0.3) is 0 Å². The van der Waals surface area contributed by atoms with E-state index in [9.17, 15) is 13.2 Å². The number of hydrogen-bond donors (Lipinski definition) is 1. The fraction of sp³-hybridized carbons (Fsp3) is 0.417. The first-order valence-corrected chi connectivity index (χ1v) is 7.88.